The fourth-order valence-corrected chi connectivity index (χ4v) is 5.40. The summed E-state index contributed by atoms with van der Waals surface area (Å²) in [6.45, 7) is 5.27. The first kappa shape index (κ1) is 24.6. The Morgan fingerprint density at radius 3 is 2.47 bits per heavy atom. The third-order valence-corrected chi connectivity index (χ3v) is 7.73. The lowest BCUT2D eigenvalue weighted by atomic mass is 9.93. The molecule has 1 saturated carbocycles. The van der Waals surface area contributed by atoms with Crippen LogP contribution in [0.5, 0.6) is 0 Å². The third kappa shape index (κ3) is 5.39. The standard InChI is InChI=1S/C24H34N6O3S/c1-3-5-15-25-24-26-16-21-22(17-6-12-20(13-7-17)34(32,33)27-14-4-2)29-30(23(21)28-24)18-8-10-19(31)11-9-18/h6-7,12-13,16,18-19,27,31H,3-5,8-11,14-15H2,1-2H3,(H,25,26,28). The fraction of sp³-hybridized carbons (Fsp3) is 0.542. The van der Waals surface area contributed by atoms with E-state index < -0.39 is 10.0 Å². The van der Waals surface area contributed by atoms with Crippen LogP contribution in [0.25, 0.3) is 22.3 Å². The van der Waals surface area contributed by atoms with Crippen molar-refractivity contribution in [2.24, 2.45) is 0 Å². The average molecular weight is 487 g/mol. The maximum Gasteiger partial charge on any atom is 0.240 e. The van der Waals surface area contributed by atoms with E-state index in [2.05, 4.69) is 21.9 Å². The molecule has 1 aliphatic carbocycles. The quantitative estimate of drug-likeness (QED) is 0.372. The second-order valence-electron chi connectivity index (χ2n) is 8.89. The molecule has 0 unspecified atom stereocenters. The molecule has 2 heterocycles. The SMILES string of the molecule is CCCCNc1ncc2c(-c3ccc(S(=O)(=O)NCCC)cc3)nn(C3CCC(O)CC3)c2n1. The van der Waals surface area contributed by atoms with E-state index in [1.54, 1.807) is 30.5 Å². The van der Waals surface area contributed by atoms with Gasteiger partial charge in [-0.2, -0.15) is 10.1 Å². The monoisotopic (exact) mass is 486 g/mol. The lowest BCUT2D eigenvalue weighted by Crippen LogP contribution is -2.24. The van der Waals surface area contributed by atoms with Crippen LogP contribution in [-0.2, 0) is 10.0 Å². The highest BCUT2D eigenvalue weighted by molar-refractivity contribution is 7.89. The second-order valence-corrected chi connectivity index (χ2v) is 10.7. The summed E-state index contributed by atoms with van der Waals surface area (Å²) in [5, 5.41) is 19.0. The molecule has 10 heteroatoms. The molecule has 3 aromatic rings. The van der Waals surface area contributed by atoms with E-state index in [-0.39, 0.29) is 17.0 Å². The van der Waals surface area contributed by atoms with E-state index in [4.69, 9.17) is 10.1 Å². The second kappa shape index (κ2) is 10.8. The summed E-state index contributed by atoms with van der Waals surface area (Å²) in [6, 6.07) is 6.93. The summed E-state index contributed by atoms with van der Waals surface area (Å²) < 4.78 is 29.5. The van der Waals surface area contributed by atoms with Crippen molar-refractivity contribution in [2.75, 3.05) is 18.4 Å². The minimum atomic E-state index is -3.53. The molecule has 34 heavy (non-hydrogen) atoms. The minimum Gasteiger partial charge on any atom is -0.393 e. The Balaban J connectivity index is 1.70. The molecule has 0 saturated heterocycles. The lowest BCUT2D eigenvalue weighted by molar-refractivity contribution is 0.109. The summed E-state index contributed by atoms with van der Waals surface area (Å²) in [5.41, 5.74) is 2.29. The summed E-state index contributed by atoms with van der Waals surface area (Å²) in [5.74, 6) is 0.577. The van der Waals surface area contributed by atoms with Crippen LogP contribution in [0.4, 0.5) is 5.95 Å². The molecule has 3 N–H and O–H groups in total. The van der Waals surface area contributed by atoms with Crippen molar-refractivity contribution in [3.8, 4) is 11.3 Å². The van der Waals surface area contributed by atoms with Gasteiger partial charge in [0, 0.05) is 24.8 Å². The van der Waals surface area contributed by atoms with Gasteiger partial charge in [-0.25, -0.2) is 22.8 Å². The number of sulfonamides is 1. The zero-order chi connectivity index (χ0) is 24.1. The molecule has 2 aromatic heterocycles. The largest absolute Gasteiger partial charge is 0.393 e. The van der Waals surface area contributed by atoms with Gasteiger partial charge in [0.25, 0.3) is 0 Å². The number of anilines is 1. The Labute approximate surface area is 201 Å². The molecule has 0 aliphatic heterocycles. The van der Waals surface area contributed by atoms with Gasteiger partial charge in [-0.15, -0.1) is 0 Å². The highest BCUT2D eigenvalue weighted by Crippen LogP contribution is 2.34. The maximum atomic E-state index is 12.5. The van der Waals surface area contributed by atoms with Crippen molar-refractivity contribution in [1.82, 2.24) is 24.5 Å². The van der Waals surface area contributed by atoms with E-state index in [1.807, 2.05) is 11.6 Å². The van der Waals surface area contributed by atoms with Crippen molar-refractivity contribution < 1.29 is 13.5 Å². The first-order chi connectivity index (χ1) is 16.4. The van der Waals surface area contributed by atoms with E-state index in [0.29, 0.717) is 12.5 Å². The molecule has 184 valence electrons. The molecule has 0 atom stereocenters. The van der Waals surface area contributed by atoms with E-state index >= 15 is 0 Å². The van der Waals surface area contributed by atoms with E-state index in [9.17, 15) is 13.5 Å². The first-order valence-corrected chi connectivity index (χ1v) is 13.7. The number of benzene rings is 1. The van der Waals surface area contributed by atoms with Gasteiger partial charge in [0.15, 0.2) is 5.65 Å². The van der Waals surface area contributed by atoms with Gasteiger partial charge >= 0.3 is 0 Å². The van der Waals surface area contributed by atoms with Crippen LogP contribution in [-0.4, -0.2) is 52.5 Å². The third-order valence-electron chi connectivity index (χ3n) is 6.25. The van der Waals surface area contributed by atoms with Gasteiger partial charge in [-0.1, -0.05) is 32.4 Å². The van der Waals surface area contributed by atoms with Crippen LogP contribution in [0.3, 0.4) is 0 Å². The van der Waals surface area contributed by atoms with Gasteiger partial charge < -0.3 is 10.4 Å². The number of nitrogens with zero attached hydrogens (tertiary/aromatic N) is 4. The number of aliphatic hydroxyl groups is 1. The van der Waals surface area contributed by atoms with Crippen molar-refractivity contribution in [1.29, 1.82) is 0 Å². The summed E-state index contributed by atoms with van der Waals surface area (Å²) in [7, 11) is -3.53. The zero-order valence-electron chi connectivity index (χ0n) is 19.9. The molecule has 1 aliphatic rings. The Bertz CT molecular complexity index is 1200. The molecular weight excluding hydrogens is 452 g/mol. The Hall–Kier alpha value is -2.56. The smallest absolute Gasteiger partial charge is 0.240 e. The molecule has 0 radical (unpaired) electrons. The number of aromatic nitrogens is 4. The van der Waals surface area contributed by atoms with Crippen LogP contribution in [0, 0.1) is 0 Å². The summed E-state index contributed by atoms with van der Waals surface area (Å²) in [6.07, 6.45) is 7.54. The number of hydrogen-bond donors (Lipinski definition) is 3. The molecule has 4 rings (SSSR count). The highest BCUT2D eigenvalue weighted by Gasteiger charge is 2.26. The number of rotatable bonds is 10. The van der Waals surface area contributed by atoms with Gasteiger partial charge in [-0.05, 0) is 50.7 Å². The van der Waals surface area contributed by atoms with Crippen molar-refractivity contribution in [2.45, 2.75) is 75.8 Å². The van der Waals surface area contributed by atoms with Gasteiger partial charge in [0.05, 0.1) is 22.4 Å². The van der Waals surface area contributed by atoms with Crippen molar-refractivity contribution >= 4 is 27.0 Å². The highest BCUT2D eigenvalue weighted by atomic mass is 32.2. The lowest BCUT2D eigenvalue weighted by Gasteiger charge is -2.25. The number of nitrogens with one attached hydrogen (secondary N) is 2. The number of aliphatic hydroxyl groups excluding tert-OH is 1. The van der Waals surface area contributed by atoms with Gasteiger partial charge in [0.2, 0.25) is 16.0 Å². The Morgan fingerprint density at radius 2 is 1.79 bits per heavy atom. The van der Waals surface area contributed by atoms with Gasteiger partial charge in [0.1, 0.15) is 5.69 Å². The topological polar surface area (TPSA) is 122 Å². The number of unbranched alkanes of at least 4 members (excludes halogenated alkanes) is 1. The average Bonchev–Trinajstić information content (AvgIpc) is 3.22. The fourth-order valence-electron chi connectivity index (χ4n) is 4.27. The Kier molecular flexibility index (Phi) is 7.80. The van der Waals surface area contributed by atoms with Crippen LogP contribution in [0.1, 0.15) is 64.8 Å². The molecule has 1 fully saturated rings. The van der Waals surface area contributed by atoms with Gasteiger partial charge in [-0.3, -0.25) is 0 Å². The molecular formula is C24H34N6O3S. The zero-order valence-corrected chi connectivity index (χ0v) is 20.7. The van der Waals surface area contributed by atoms with E-state index in [0.717, 1.165) is 73.8 Å². The van der Waals surface area contributed by atoms with Crippen LogP contribution in [0.15, 0.2) is 35.4 Å². The summed E-state index contributed by atoms with van der Waals surface area (Å²) in [4.78, 5) is 9.52. The van der Waals surface area contributed by atoms with Crippen LogP contribution >= 0.6 is 0 Å². The maximum absolute atomic E-state index is 12.5. The normalized spacial score (nSPS) is 18.9. The molecule has 0 spiro atoms. The van der Waals surface area contributed by atoms with Crippen molar-refractivity contribution in [3.05, 3.63) is 30.5 Å². The predicted octanol–water partition coefficient (Wildman–Crippen LogP) is 3.87. The van der Waals surface area contributed by atoms with Crippen molar-refractivity contribution in [3.63, 3.8) is 0 Å². The first-order valence-electron chi connectivity index (χ1n) is 12.2. The summed E-state index contributed by atoms with van der Waals surface area (Å²) >= 11 is 0. The molecule has 1 aromatic carbocycles. The molecule has 0 amide bonds. The molecule has 9 nitrogen and oxygen atoms in total. The number of hydrogen-bond acceptors (Lipinski definition) is 7. The molecule has 0 bridgehead atoms. The predicted molar refractivity (Wildman–Crippen MR) is 133 cm³/mol. The van der Waals surface area contributed by atoms with Crippen LogP contribution < -0.4 is 10.0 Å². The number of fused-ring (bicyclic) bond motifs is 1. The van der Waals surface area contributed by atoms with E-state index in [1.165, 1.54) is 0 Å². The minimum absolute atomic E-state index is 0.149. The Morgan fingerprint density at radius 1 is 1.06 bits per heavy atom. The van der Waals surface area contributed by atoms with Crippen LogP contribution in [0.2, 0.25) is 0 Å².